The van der Waals surface area contributed by atoms with Crippen molar-refractivity contribution in [2.75, 3.05) is 27.9 Å². The van der Waals surface area contributed by atoms with Crippen LogP contribution in [0.1, 0.15) is 121 Å². The molecule has 6 atom stereocenters. The molecule has 1 aromatic rings. The van der Waals surface area contributed by atoms with Gasteiger partial charge in [0.05, 0.1) is 43.5 Å². The van der Waals surface area contributed by atoms with E-state index < -0.39 is 22.0 Å². The first-order valence-corrected chi connectivity index (χ1v) is 24.7. The second-order valence-electron chi connectivity index (χ2n) is 16.6. The predicted molar refractivity (Wildman–Crippen MR) is 218 cm³/mol. The van der Waals surface area contributed by atoms with E-state index >= 15 is 0 Å². The molecule has 0 radical (unpaired) electrons. The Balaban J connectivity index is 3.36. The fourth-order valence-electron chi connectivity index (χ4n) is 8.47. The standard InChI is InChI=1S/C42H80O7Si2/c1-17-50(18-2,19-3)49-40(42(12,13)41(43)46-16)29-39(45-15)34(10)25-26-38(48-51(31(4)5,32(6)7)33(8)9)35(11)37(44-14)27-28-47-30-36-23-21-20-22-24-36/h20-24,31-35,37-40H,17-19,25-30H2,1-16H3/t34-,35+,37+,38-,39-,40-/m0/s1. The summed E-state index contributed by atoms with van der Waals surface area (Å²) in [6.07, 6.45) is 2.92. The third kappa shape index (κ3) is 13.3. The topological polar surface area (TPSA) is 72.5 Å². The summed E-state index contributed by atoms with van der Waals surface area (Å²) in [6.45, 7) is 30.6. The van der Waals surface area contributed by atoms with E-state index in [1.165, 1.54) is 12.7 Å². The predicted octanol–water partition coefficient (Wildman–Crippen LogP) is 11.2. The first-order chi connectivity index (χ1) is 24.0. The van der Waals surface area contributed by atoms with Crippen molar-refractivity contribution in [2.45, 2.75) is 181 Å². The van der Waals surface area contributed by atoms with Crippen LogP contribution in [0, 0.1) is 17.3 Å². The summed E-state index contributed by atoms with van der Waals surface area (Å²) in [4.78, 5) is 13.2. The largest absolute Gasteiger partial charge is 0.469 e. The molecule has 0 aliphatic heterocycles. The molecule has 298 valence electrons. The number of rotatable bonds is 27. The Bertz CT molecular complexity index is 1050. The zero-order valence-electron chi connectivity index (χ0n) is 35.8. The molecule has 7 nitrogen and oxygen atoms in total. The highest BCUT2D eigenvalue weighted by atomic mass is 28.4. The van der Waals surface area contributed by atoms with Crippen LogP contribution >= 0.6 is 0 Å². The molecule has 0 saturated heterocycles. The Hall–Kier alpha value is -1.08. The zero-order valence-corrected chi connectivity index (χ0v) is 37.8. The molecule has 0 aliphatic rings. The van der Waals surface area contributed by atoms with Crippen molar-refractivity contribution in [3.05, 3.63) is 35.9 Å². The lowest BCUT2D eigenvalue weighted by atomic mass is 9.81. The molecule has 0 spiro atoms. The SMILES string of the molecule is CC[Si](CC)(CC)O[C@@H](C[C@H](OC)[C@@H](C)CC[C@H](O[Si](C(C)C)(C(C)C)C(C)C)[C@H](C)[C@@H](CCOCc1ccccc1)OC)C(C)(C)C(=O)OC. The lowest BCUT2D eigenvalue weighted by Crippen LogP contribution is -2.52. The van der Waals surface area contributed by atoms with Crippen molar-refractivity contribution in [1.82, 2.24) is 0 Å². The van der Waals surface area contributed by atoms with Crippen LogP contribution in [-0.4, -0.2) is 75.0 Å². The van der Waals surface area contributed by atoms with Gasteiger partial charge in [-0.2, -0.15) is 0 Å². The molecule has 0 heterocycles. The number of carbonyl (C=O) groups is 1. The molecule has 9 heteroatoms. The van der Waals surface area contributed by atoms with Gasteiger partial charge in [-0.05, 0) is 85.8 Å². The van der Waals surface area contributed by atoms with Crippen molar-refractivity contribution < 1.29 is 32.6 Å². The molecule has 1 aromatic carbocycles. The van der Waals surface area contributed by atoms with Gasteiger partial charge in [-0.15, -0.1) is 0 Å². The average molecular weight is 753 g/mol. The van der Waals surface area contributed by atoms with Crippen molar-refractivity contribution in [1.29, 1.82) is 0 Å². The van der Waals surface area contributed by atoms with Crippen LogP contribution in [0.5, 0.6) is 0 Å². The third-order valence-electron chi connectivity index (χ3n) is 12.3. The Labute approximate surface area is 316 Å². The van der Waals surface area contributed by atoms with Crippen LogP contribution in [0.4, 0.5) is 0 Å². The molecule has 0 unspecified atom stereocenters. The molecular weight excluding hydrogens is 673 g/mol. The van der Waals surface area contributed by atoms with Crippen LogP contribution in [0.2, 0.25) is 34.8 Å². The minimum atomic E-state index is -2.19. The van der Waals surface area contributed by atoms with Crippen LogP contribution in [-0.2, 0) is 39.2 Å². The summed E-state index contributed by atoms with van der Waals surface area (Å²) in [5.41, 5.74) is 1.81. The van der Waals surface area contributed by atoms with E-state index in [-0.39, 0.29) is 42.2 Å². The van der Waals surface area contributed by atoms with Crippen LogP contribution < -0.4 is 0 Å². The Kier molecular flexibility index (Phi) is 21.6. The molecular formula is C42H80O7Si2. The van der Waals surface area contributed by atoms with Gasteiger partial charge in [0.1, 0.15) is 0 Å². The first-order valence-electron chi connectivity index (χ1n) is 20.1. The number of esters is 1. The maximum absolute atomic E-state index is 13.2. The van der Waals surface area contributed by atoms with E-state index in [0.717, 1.165) is 37.4 Å². The number of hydrogen-bond donors (Lipinski definition) is 0. The maximum atomic E-state index is 13.2. The zero-order chi connectivity index (χ0) is 39.0. The summed E-state index contributed by atoms with van der Waals surface area (Å²) in [5.74, 6) is 0.155. The molecule has 51 heavy (non-hydrogen) atoms. The van der Waals surface area contributed by atoms with Gasteiger partial charge >= 0.3 is 5.97 Å². The number of ether oxygens (including phenoxy) is 4. The van der Waals surface area contributed by atoms with Crippen LogP contribution in [0.25, 0.3) is 0 Å². The van der Waals surface area contributed by atoms with Crippen molar-refractivity contribution >= 4 is 22.6 Å². The number of carbonyl (C=O) groups excluding carboxylic acids is 1. The summed E-state index contributed by atoms with van der Waals surface area (Å²) >= 11 is 0. The van der Waals surface area contributed by atoms with E-state index in [2.05, 4.69) is 88.3 Å². The Morgan fingerprint density at radius 3 is 1.69 bits per heavy atom. The lowest BCUT2D eigenvalue weighted by molar-refractivity contribution is -0.158. The van der Waals surface area contributed by atoms with Gasteiger partial charge < -0.3 is 27.8 Å². The van der Waals surface area contributed by atoms with Gasteiger partial charge in [-0.1, -0.05) is 106 Å². The monoisotopic (exact) mass is 753 g/mol. The molecule has 0 amide bonds. The maximum Gasteiger partial charge on any atom is 0.313 e. The first kappa shape index (κ1) is 47.9. The summed E-state index contributed by atoms with van der Waals surface area (Å²) in [5, 5.41) is 0. The van der Waals surface area contributed by atoms with E-state index in [0.29, 0.717) is 36.3 Å². The highest BCUT2D eigenvalue weighted by Gasteiger charge is 2.48. The van der Waals surface area contributed by atoms with Crippen molar-refractivity contribution in [2.24, 2.45) is 17.3 Å². The highest BCUT2D eigenvalue weighted by molar-refractivity contribution is 6.77. The summed E-state index contributed by atoms with van der Waals surface area (Å²) in [6, 6.07) is 13.4. The van der Waals surface area contributed by atoms with E-state index in [4.69, 9.17) is 27.8 Å². The summed E-state index contributed by atoms with van der Waals surface area (Å²) < 4.78 is 38.6. The molecule has 1 rings (SSSR count). The quantitative estimate of drug-likeness (QED) is 0.0503. The second kappa shape index (κ2) is 23.0. The summed E-state index contributed by atoms with van der Waals surface area (Å²) in [7, 11) is 0.878. The van der Waals surface area contributed by atoms with Gasteiger partial charge in [0.15, 0.2) is 8.32 Å². The average Bonchev–Trinajstić information content (AvgIpc) is 3.11. The molecule has 0 bridgehead atoms. The Morgan fingerprint density at radius 2 is 1.24 bits per heavy atom. The number of hydrogen-bond acceptors (Lipinski definition) is 7. The normalized spacial score (nSPS) is 16.7. The third-order valence-corrected chi connectivity index (χ3v) is 23.1. The smallest absolute Gasteiger partial charge is 0.313 e. The molecule has 0 fully saturated rings. The second-order valence-corrected chi connectivity index (χ2v) is 26.7. The van der Waals surface area contributed by atoms with Gasteiger partial charge in [-0.3, -0.25) is 4.79 Å². The van der Waals surface area contributed by atoms with Gasteiger partial charge in [0, 0.05) is 26.7 Å². The van der Waals surface area contributed by atoms with Gasteiger partial charge in [0.2, 0.25) is 8.32 Å². The molecule has 0 N–H and O–H groups in total. The van der Waals surface area contributed by atoms with Gasteiger partial charge in [-0.25, -0.2) is 0 Å². The highest BCUT2D eigenvalue weighted by Crippen LogP contribution is 2.45. The fraction of sp³-hybridized carbons (Fsp3) is 0.833. The van der Waals surface area contributed by atoms with Crippen molar-refractivity contribution in [3.63, 3.8) is 0 Å². The molecule has 0 aliphatic carbocycles. The molecule has 0 saturated carbocycles. The van der Waals surface area contributed by atoms with Gasteiger partial charge in [0.25, 0.3) is 0 Å². The van der Waals surface area contributed by atoms with E-state index in [1.807, 2.05) is 39.2 Å². The number of methoxy groups -OCH3 is 3. The fourth-order valence-corrected chi connectivity index (χ4v) is 17.1. The number of benzene rings is 1. The van der Waals surface area contributed by atoms with Crippen LogP contribution in [0.3, 0.4) is 0 Å². The molecule has 0 aromatic heterocycles. The minimum Gasteiger partial charge on any atom is -0.469 e. The van der Waals surface area contributed by atoms with Crippen LogP contribution in [0.15, 0.2) is 30.3 Å². The van der Waals surface area contributed by atoms with E-state index in [1.54, 1.807) is 7.11 Å². The lowest BCUT2D eigenvalue weighted by Gasteiger charge is -2.47. The van der Waals surface area contributed by atoms with E-state index in [9.17, 15) is 4.79 Å². The van der Waals surface area contributed by atoms with Crippen molar-refractivity contribution in [3.8, 4) is 0 Å². The Morgan fingerprint density at radius 1 is 0.706 bits per heavy atom. The minimum absolute atomic E-state index is 0.00587.